The molecule has 0 aliphatic carbocycles. The molecule has 0 radical (unpaired) electrons. The van der Waals surface area contributed by atoms with Crippen LogP contribution >= 0.6 is 7.82 Å². The van der Waals surface area contributed by atoms with Crippen LogP contribution in [0.15, 0.2) is 72.9 Å². The summed E-state index contributed by atoms with van der Waals surface area (Å²) in [4.78, 5) is 37.9. The lowest BCUT2D eigenvalue weighted by molar-refractivity contribution is -0.870. The van der Waals surface area contributed by atoms with Gasteiger partial charge in [-0.2, -0.15) is 0 Å². The number of ether oxygens (including phenoxy) is 1. The third kappa shape index (κ3) is 65.9. The van der Waals surface area contributed by atoms with E-state index in [1.807, 2.05) is 33.3 Å². The second kappa shape index (κ2) is 65.4. The van der Waals surface area contributed by atoms with Gasteiger partial charge in [-0.15, -0.1) is 0 Å². The average Bonchev–Trinajstić information content (AvgIpc) is 3.66. The minimum Gasteiger partial charge on any atom is -0.456 e. The van der Waals surface area contributed by atoms with Gasteiger partial charge in [-0.1, -0.05) is 306 Å². The lowest BCUT2D eigenvalue weighted by atomic mass is 10.0. The van der Waals surface area contributed by atoms with Gasteiger partial charge in [0.2, 0.25) is 5.91 Å². The molecular weight excluding hydrogens is 1080 g/mol. The molecule has 502 valence electrons. The van der Waals surface area contributed by atoms with E-state index >= 15 is 0 Å². The lowest BCUT2D eigenvalue weighted by Crippen LogP contribution is -2.47. The van der Waals surface area contributed by atoms with Crippen molar-refractivity contribution in [3.63, 3.8) is 0 Å². The van der Waals surface area contributed by atoms with Crippen molar-refractivity contribution in [2.24, 2.45) is 0 Å². The summed E-state index contributed by atoms with van der Waals surface area (Å²) in [5, 5.41) is 3.06. The molecule has 10 heteroatoms. The van der Waals surface area contributed by atoms with E-state index in [-0.39, 0.29) is 31.5 Å². The number of likely N-dealkylation sites (N-methyl/N-ethyl adjacent to an activating group) is 1. The number of rotatable bonds is 67. The normalized spacial score (nSPS) is 13.9. The molecule has 0 aromatic heterocycles. The van der Waals surface area contributed by atoms with Crippen molar-refractivity contribution in [1.82, 2.24) is 5.32 Å². The smallest absolute Gasteiger partial charge is 0.456 e. The first-order chi connectivity index (χ1) is 41.9. The summed E-state index contributed by atoms with van der Waals surface area (Å²) in [7, 11) is 1.49. The molecule has 3 unspecified atom stereocenters. The molecule has 0 aromatic carbocycles. The molecule has 0 bridgehead atoms. The van der Waals surface area contributed by atoms with Crippen LogP contribution in [-0.4, -0.2) is 74.3 Å². The standard InChI is InChI=1S/C76H141N2O7P/c1-7-10-13-16-19-22-25-28-30-32-34-36-37-38-39-40-41-43-45-47-49-51-54-57-60-63-66-69-76(80)85-74(67-64-61-58-55-52-27-24-21-18-15-12-9-3)73(72-84-86(81,82)83-71-70-78(4,5)6)77-75(79)68-65-62-59-56-53-50-48-46-44-42-35-33-31-29-26-23-20-17-14-11-8-2/h20,23,28-31,35,42,46,48,64,67,73-74H,7-19,21-22,24-27,32-34,36-41,43-45,47,49-63,65-66,68-72H2,1-6H3,(H-,77,79,81,82)/p+1/b23-20-,30-28+,31-29-,42-35-,48-46-,67-64-. The van der Waals surface area contributed by atoms with Crippen LogP contribution in [0.3, 0.4) is 0 Å². The molecule has 2 N–H and O–H groups in total. The van der Waals surface area contributed by atoms with Crippen molar-refractivity contribution in [2.45, 2.75) is 360 Å². The van der Waals surface area contributed by atoms with Crippen molar-refractivity contribution < 1.29 is 37.3 Å². The second-order valence-electron chi connectivity index (χ2n) is 26.1. The zero-order valence-corrected chi connectivity index (χ0v) is 58.5. The molecule has 1 amide bonds. The van der Waals surface area contributed by atoms with Gasteiger partial charge in [0.05, 0.1) is 33.8 Å². The molecule has 0 aromatic rings. The highest BCUT2D eigenvalue weighted by atomic mass is 31.2. The maximum absolute atomic E-state index is 13.6. The van der Waals surface area contributed by atoms with E-state index in [0.29, 0.717) is 17.4 Å². The Morgan fingerprint density at radius 3 is 1.09 bits per heavy atom. The molecule has 0 fully saturated rings. The highest BCUT2D eigenvalue weighted by Crippen LogP contribution is 2.43. The number of carbonyl (C=O) groups is 2. The minimum absolute atomic E-state index is 0.0352. The Bertz CT molecular complexity index is 1700. The van der Waals surface area contributed by atoms with E-state index in [2.05, 4.69) is 86.8 Å². The molecule has 0 spiro atoms. The van der Waals surface area contributed by atoms with Gasteiger partial charge in [-0.3, -0.25) is 18.6 Å². The minimum atomic E-state index is -4.46. The average molecular weight is 1230 g/mol. The van der Waals surface area contributed by atoms with Crippen molar-refractivity contribution in [1.29, 1.82) is 0 Å². The maximum atomic E-state index is 13.6. The van der Waals surface area contributed by atoms with Crippen LogP contribution in [0.5, 0.6) is 0 Å². The fourth-order valence-corrected chi connectivity index (χ4v) is 11.4. The molecule has 9 nitrogen and oxygen atoms in total. The van der Waals surface area contributed by atoms with Crippen molar-refractivity contribution >= 4 is 19.7 Å². The summed E-state index contributed by atoms with van der Waals surface area (Å²) < 4.78 is 30.8. The number of amides is 1. The van der Waals surface area contributed by atoms with E-state index < -0.39 is 20.0 Å². The van der Waals surface area contributed by atoms with Gasteiger partial charge < -0.3 is 19.4 Å². The van der Waals surface area contributed by atoms with Crippen molar-refractivity contribution in [3.8, 4) is 0 Å². The second-order valence-corrected chi connectivity index (χ2v) is 27.6. The Morgan fingerprint density at radius 2 is 0.709 bits per heavy atom. The molecule has 0 saturated carbocycles. The quantitative estimate of drug-likeness (QED) is 0.0205. The lowest BCUT2D eigenvalue weighted by Gasteiger charge is -2.27. The Kier molecular flexibility index (Phi) is 63.5. The largest absolute Gasteiger partial charge is 0.472 e. The highest BCUT2D eigenvalue weighted by molar-refractivity contribution is 7.47. The first-order valence-electron chi connectivity index (χ1n) is 36.8. The molecule has 0 rings (SSSR count). The Hall–Kier alpha value is -2.55. The molecular formula is C76H142N2O7P+. The van der Waals surface area contributed by atoms with Gasteiger partial charge in [0.1, 0.15) is 19.3 Å². The Labute approximate surface area is 533 Å². The zero-order valence-electron chi connectivity index (χ0n) is 57.6. The van der Waals surface area contributed by atoms with Gasteiger partial charge in [0, 0.05) is 12.8 Å². The maximum Gasteiger partial charge on any atom is 0.472 e. The molecule has 0 heterocycles. The predicted molar refractivity (Wildman–Crippen MR) is 374 cm³/mol. The number of carbonyl (C=O) groups excluding carboxylic acids is 2. The van der Waals surface area contributed by atoms with Crippen LogP contribution in [0.4, 0.5) is 0 Å². The number of hydrogen-bond donors (Lipinski definition) is 2. The van der Waals surface area contributed by atoms with Crippen LogP contribution < -0.4 is 5.32 Å². The van der Waals surface area contributed by atoms with Crippen LogP contribution in [-0.2, 0) is 27.9 Å². The Morgan fingerprint density at radius 1 is 0.407 bits per heavy atom. The SMILES string of the molecule is CCCCC/C=C\C/C=C\C/C=C\C/C=C\CCCCCCCC(=O)NC(COP(=O)(O)OCC[N+](C)(C)C)C(/C=C\CCCCCCCCCCCC)OC(=O)CCCCCCCCCCCCCCCCCCC/C=C/CCCCCCCC. The highest BCUT2D eigenvalue weighted by Gasteiger charge is 2.30. The zero-order chi connectivity index (χ0) is 62.8. The van der Waals surface area contributed by atoms with Gasteiger partial charge in [0.15, 0.2) is 0 Å². The van der Waals surface area contributed by atoms with Gasteiger partial charge >= 0.3 is 13.8 Å². The summed E-state index contributed by atoms with van der Waals surface area (Å²) in [6, 6.07) is -0.861. The van der Waals surface area contributed by atoms with Crippen LogP contribution in [0.2, 0.25) is 0 Å². The topological polar surface area (TPSA) is 111 Å². The fraction of sp³-hybridized carbons (Fsp3) is 0.816. The van der Waals surface area contributed by atoms with E-state index in [9.17, 15) is 19.0 Å². The number of esters is 1. The number of phosphoric ester groups is 1. The number of allylic oxidation sites excluding steroid dienone is 11. The van der Waals surface area contributed by atoms with Crippen LogP contribution in [0, 0.1) is 0 Å². The monoisotopic (exact) mass is 1230 g/mol. The van der Waals surface area contributed by atoms with E-state index in [0.717, 1.165) is 96.3 Å². The summed E-state index contributed by atoms with van der Waals surface area (Å²) in [6.45, 7) is 7.00. The van der Waals surface area contributed by atoms with Crippen molar-refractivity contribution in [3.05, 3.63) is 72.9 Å². The van der Waals surface area contributed by atoms with Gasteiger partial charge in [-0.05, 0) is 102 Å². The number of nitrogens with one attached hydrogen (secondary N) is 1. The fourth-order valence-electron chi connectivity index (χ4n) is 10.7. The Balaban J connectivity index is 5.03. The third-order valence-electron chi connectivity index (χ3n) is 16.4. The number of quaternary nitrogens is 1. The first-order valence-corrected chi connectivity index (χ1v) is 38.3. The molecule has 0 aliphatic rings. The number of phosphoric acid groups is 1. The summed E-state index contributed by atoms with van der Waals surface area (Å²) >= 11 is 0. The van der Waals surface area contributed by atoms with E-state index in [1.165, 1.54) is 218 Å². The molecule has 3 atom stereocenters. The van der Waals surface area contributed by atoms with Crippen molar-refractivity contribution in [2.75, 3.05) is 40.9 Å². The number of hydrogen-bond acceptors (Lipinski definition) is 6. The first kappa shape index (κ1) is 83.5. The summed E-state index contributed by atoms with van der Waals surface area (Å²) in [6.07, 6.45) is 86.4. The van der Waals surface area contributed by atoms with E-state index in [4.69, 9.17) is 13.8 Å². The molecule has 0 saturated heterocycles. The van der Waals surface area contributed by atoms with Crippen LogP contribution in [0.1, 0.15) is 348 Å². The third-order valence-corrected chi connectivity index (χ3v) is 17.4. The number of nitrogens with zero attached hydrogens (tertiary/aromatic N) is 1. The van der Waals surface area contributed by atoms with Gasteiger partial charge in [0.25, 0.3) is 0 Å². The van der Waals surface area contributed by atoms with Crippen LogP contribution in [0.25, 0.3) is 0 Å². The molecule has 0 aliphatic heterocycles. The van der Waals surface area contributed by atoms with E-state index in [1.54, 1.807) is 0 Å². The summed E-state index contributed by atoms with van der Waals surface area (Å²) in [5.41, 5.74) is 0. The molecule has 86 heavy (non-hydrogen) atoms. The predicted octanol–water partition coefficient (Wildman–Crippen LogP) is 23.5. The number of unbranched alkanes of at least 4 members (excludes halogenated alkanes) is 41. The summed E-state index contributed by atoms with van der Waals surface area (Å²) in [5.74, 6) is -0.515. The van der Waals surface area contributed by atoms with Gasteiger partial charge in [-0.25, -0.2) is 4.57 Å².